The lowest BCUT2D eigenvalue weighted by molar-refractivity contribution is 0.0742. The average molecular weight is 269 g/mol. The molecule has 4 nitrogen and oxygen atoms in total. The Morgan fingerprint density at radius 3 is 2.55 bits per heavy atom. The van der Waals surface area contributed by atoms with Crippen LogP contribution in [-0.2, 0) is 6.54 Å². The van der Waals surface area contributed by atoms with E-state index in [1.54, 1.807) is 11.0 Å². The van der Waals surface area contributed by atoms with Crippen molar-refractivity contribution in [3.05, 3.63) is 65.5 Å². The second-order valence-electron chi connectivity index (χ2n) is 4.67. The summed E-state index contributed by atoms with van der Waals surface area (Å²) in [4.78, 5) is 18.5. The van der Waals surface area contributed by atoms with Crippen LogP contribution in [-0.4, -0.2) is 28.9 Å². The third-order valence-corrected chi connectivity index (χ3v) is 3.01. The van der Waals surface area contributed by atoms with E-state index in [4.69, 9.17) is 5.73 Å². The molecule has 0 saturated carbocycles. The SMILES string of the molecule is Cc1cccc(C(=O)N(CCN)Cc2ccccc2)n1. The zero-order valence-electron chi connectivity index (χ0n) is 11.6. The molecule has 0 spiro atoms. The predicted molar refractivity (Wildman–Crippen MR) is 79.2 cm³/mol. The van der Waals surface area contributed by atoms with Crippen molar-refractivity contribution < 1.29 is 4.79 Å². The maximum absolute atomic E-state index is 12.5. The van der Waals surface area contributed by atoms with Gasteiger partial charge in [-0.15, -0.1) is 0 Å². The highest BCUT2D eigenvalue weighted by Gasteiger charge is 2.16. The van der Waals surface area contributed by atoms with E-state index in [9.17, 15) is 4.79 Å². The molecule has 0 aliphatic heterocycles. The second-order valence-corrected chi connectivity index (χ2v) is 4.67. The van der Waals surface area contributed by atoms with Crippen molar-refractivity contribution in [1.82, 2.24) is 9.88 Å². The molecule has 2 N–H and O–H groups in total. The Balaban J connectivity index is 2.18. The molecule has 20 heavy (non-hydrogen) atoms. The van der Waals surface area contributed by atoms with Crippen molar-refractivity contribution >= 4 is 5.91 Å². The van der Waals surface area contributed by atoms with Crippen LogP contribution >= 0.6 is 0 Å². The summed E-state index contributed by atoms with van der Waals surface area (Å²) in [6, 6.07) is 15.3. The van der Waals surface area contributed by atoms with E-state index >= 15 is 0 Å². The Labute approximate surface area is 119 Å². The molecular formula is C16H19N3O. The summed E-state index contributed by atoms with van der Waals surface area (Å²) in [6.07, 6.45) is 0. The summed E-state index contributed by atoms with van der Waals surface area (Å²) < 4.78 is 0. The number of amides is 1. The van der Waals surface area contributed by atoms with Gasteiger partial charge >= 0.3 is 0 Å². The molecule has 2 aromatic rings. The third-order valence-electron chi connectivity index (χ3n) is 3.01. The Hall–Kier alpha value is -2.20. The first-order valence-corrected chi connectivity index (χ1v) is 6.67. The standard InChI is InChI=1S/C16H19N3O/c1-13-6-5-9-15(18-13)16(20)19(11-10-17)12-14-7-3-2-4-8-14/h2-9H,10-12,17H2,1H3. The molecule has 0 aliphatic carbocycles. The van der Waals surface area contributed by atoms with Gasteiger partial charge < -0.3 is 10.6 Å². The smallest absolute Gasteiger partial charge is 0.272 e. The monoisotopic (exact) mass is 269 g/mol. The number of nitrogens with two attached hydrogens (primary N) is 1. The molecule has 2 rings (SSSR count). The highest BCUT2D eigenvalue weighted by Crippen LogP contribution is 2.09. The number of carbonyl (C=O) groups is 1. The molecule has 1 aromatic carbocycles. The van der Waals surface area contributed by atoms with Crippen LogP contribution in [0.2, 0.25) is 0 Å². The maximum atomic E-state index is 12.5. The number of nitrogens with zero attached hydrogens (tertiary/aromatic N) is 2. The Morgan fingerprint density at radius 1 is 1.15 bits per heavy atom. The summed E-state index contributed by atoms with van der Waals surface area (Å²) in [6.45, 7) is 3.38. The van der Waals surface area contributed by atoms with Gasteiger partial charge in [-0.25, -0.2) is 4.98 Å². The largest absolute Gasteiger partial charge is 0.332 e. The highest BCUT2D eigenvalue weighted by molar-refractivity contribution is 5.92. The number of hydrogen-bond donors (Lipinski definition) is 1. The van der Waals surface area contributed by atoms with Crippen molar-refractivity contribution in [3.8, 4) is 0 Å². The summed E-state index contributed by atoms with van der Waals surface area (Å²) in [5, 5.41) is 0. The molecule has 0 radical (unpaired) electrons. The van der Waals surface area contributed by atoms with Crippen LogP contribution in [0.1, 0.15) is 21.7 Å². The van der Waals surface area contributed by atoms with Crippen molar-refractivity contribution in [2.45, 2.75) is 13.5 Å². The van der Waals surface area contributed by atoms with Gasteiger partial charge in [-0.05, 0) is 24.6 Å². The molecule has 0 atom stereocenters. The van der Waals surface area contributed by atoms with Crippen molar-refractivity contribution in [1.29, 1.82) is 0 Å². The van der Waals surface area contributed by atoms with E-state index in [0.29, 0.717) is 25.3 Å². The van der Waals surface area contributed by atoms with Gasteiger partial charge in [0.1, 0.15) is 5.69 Å². The lowest BCUT2D eigenvalue weighted by Gasteiger charge is -2.22. The van der Waals surface area contributed by atoms with Crippen LogP contribution < -0.4 is 5.73 Å². The Bertz CT molecular complexity index is 569. The number of pyridine rings is 1. The Morgan fingerprint density at radius 2 is 1.90 bits per heavy atom. The van der Waals surface area contributed by atoms with E-state index in [2.05, 4.69) is 4.98 Å². The fourth-order valence-corrected chi connectivity index (χ4v) is 2.04. The molecule has 1 amide bonds. The summed E-state index contributed by atoms with van der Waals surface area (Å²) in [5.41, 5.74) is 8.00. The number of rotatable bonds is 5. The Kier molecular flexibility index (Phi) is 4.85. The molecular weight excluding hydrogens is 250 g/mol. The lowest BCUT2D eigenvalue weighted by Crippen LogP contribution is -2.35. The molecule has 0 saturated heterocycles. The summed E-state index contributed by atoms with van der Waals surface area (Å²) in [7, 11) is 0. The first kappa shape index (κ1) is 14.2. The summed E-state index contributed by atoms with van der Waals surface area (Å²) in [5.74, 6) is -0.0806. The minimum absolute atomic E-state index is 0.0806. The average Bonchev–Trinajstić information content (AvgIpc) is 2.47. The number of benzene rings is 1. The minimum atomic E-state index is -0.0806. The van der Waals surface area contributed by atoms with E-state index in [1.807, 2.05) is 49.4 Å². The quantitative estimate of drug-likeness (QED) is 0.903. The van der Waals surface area contributed by atoms with E-state index in [-0.39, 0.29) is 5.91 Å². The minimum Gasteiger partial charge on any atom is -0.332 e. The molecule has 104 valence electrons. The van der Waals surface area contributed by atoms with Gasteiger partial charge in [0.15, 0.2) is 0 Å². The fourth-order valence-electron chi connectivity index (χ4n) is 2.04. The normalized spacial score (nSPS) is 10.3. The van der Waals surface area contributed by atoms with Crippen molar-refractivity contribution in [2.75, 3.05) is 13.1 Å². The zero-order valence-corrected chi connectivity index (χ0v) is 11.6. The van der Waals surface area contributed by atoms with Gasteiger partial charge in [-0.2, -0.15) is 0 Å². The predicted octanol–water partition coefficient (Wildman–Crippen LogP) is 1.99. The van der Waals surface area contributed by atoms with Crippen LogP contribution in [0.3, 0.4) is 0 Å². The van der Waals surface area contributed by atoms with Gasteiger partial charge in [0.05, 0.1) is 0 Å². The van der Waals surface area contributed by atoms with Crippen LogP contribution in [0.4, 0.5) is 0 Å². The second kappa shape index (κ2) is 6.82. The zero-order chi connectivity index (χ0) is 14.4. The number of aryl methyl sites for hydroxylation is 1. The lowest BCUT2D eigenvalue weighted by atomic mass is 10.2. The van der Waals surface area contributed by atoms with Gasteiger partial charge in [-0.3, -0.25) is 4.79 Å². The summed E-state index contributed by atoms with van der Waals surface area (Å²) >= 11 is 0. The molecule has 0 aliphatic rings. The van der Waals surface area contributed by atoms with Gasteiger partial charge in [0.25, 0.3) is 5.91 Å². The van der Waals surface area contributed by atoms with Crippen LogP contribution in [0.25, 0.3) is 0 Å². The van der Waals surface area contributed by atoms with Crippen LogP contribution in [0, 0.1) is 6.92 Å². The van der Waals surface area contributed by atoms with Crippen molar-refractivity contribution in [3.63, 3.8) is 0 Å². The first-order valence-electron chi connectivity index (χ1n) is 6.67. The topological polar surface area (TPSA) is 59.2 Å². The molecule has 0 fully saturated rings. The highest BCUT2D eigenvalue weighted by atomic mass is 16.2. The van der Waals surface area contributed by atoms with Crippen LogP contribution in [0.15, 0.2) is 48.5 Å². The van der Waals surface area contributed by atoms with Crippen molar-refractivity contribution in [2.24, 2.45) is 5.73 Å². The van der Waals surface area contributed by atoms with E-state index in [0.717, 1.165) is 11.3 Å². The molecule has 0 bridgehead atoms. The fraction of sp³-hybridized carbons (Fsp3) is 0.250. The maximum Gasteiger partial charge on any atom is 0.272 e. The van der Waals surface area contributed by atoms with E-state index < -0.39 is 0 Å². The molecule has 4 heteroatoms. The first-order chi connectivity index (χ1) is 9.70. The third kappa shape index (κ3) is 3.65. The number of carbonyl (C=O) groups excluding carboxylic acids is 1. The molecule has 1 aromatic heterocycles. The van der Waals surface area contributed by atoms with Gasteiger partial charge in [0, 0.05) is 25.3 Å². The number of aromatic nitrogens is 1. The number of hydrogen-bond acceptors (Lipinski definition) is 3. The molecule has 1 heterocycles. The van der Waals surface area contributed by atoms with Crippen LogP contribution in [0.5, 0.6) is 0 Å². The van der Waals surface area contributed by atoms with Gasteiger partial charge in [-0.1, -0.05) is 36.4 Å². The molecule has 0 unspecified atom stereocenters. The van der Waals surface area contributed by atoms with E-state index in [1.165, 1.54) is 0 Å². The van der Waals surface area contributed by atoms with Gasteiger partial charge in [0.2, 0.25) is 0 Å².